The molecular formula is C21H33NO3. The number of hydrogen-bond acceptors (Lipinski definition) is 4. The van der Waals surface area contributed by atoms with Crippen LogP contribution in [0.3, 0.4) is 0 Å². The predicted molar refractivity (Wildman–Crippen MR) is 98.5 cm³/mol. The number of nitrogens with zero attached hydrogens (tertiary/aromatic N) is 1. The third-order valence-electron chi connectivity index (χ3n) is 5.70. The third-order valence-corrected chi connectivity index (χ3v) is 5.70. The molecule has 1 saturated carbocycles. The van der Waals surface area contributed by atoms with Gasteiger partial charge in [-0.2, -0.15) is 5.26 Å². The maximum atomic E-state index is 10.4. The van der Waals surface area contributed by atoms with Gasteiger partial charge in [-0.05, 0) is 18.8 Å². The summed E-state index contributed by atoms with van der Waals surface area (Å²) < 4.78 is 6.00. The molecule has 0 aromatic carbocycles. The predicted octanol–water partition coefficient (Wildman–Crippen LogP) is 4.09. The van der Waals surface area contributed by atoms with Crippen LogP contribution in [-0.2, 0) is 4.74 Å². The van der Waals surface area contributed by atoms with Crippen molar-refractivity contribution in [1.29, 1.82) is 5.26 Å². The molecule has 140 valence electrons. The number of fused-ring (bicyclic) bond motifs is 1. The first-order valence-electron chi connectivity index (χ1n) is 9.84. The third kappa shape index (κ3) is 4.86. The molecule has 0 bridgehead atoms. The second-order valence-electron chi connectivity index (χ2n) is 7.66. The maximum absolute atomic E-state index is 10.4. The number of unbranched alkanes of at least 4 members (excludes halogenated alkanes) is 1. The molecule has 2 rings (SSSR count). The first-order valence-corrected chi connectivity index (χ1v) is 9.84. The van der Waals surface area contributed by atoms with Crippen molar-refractivity contribution in [1.82, 2.24) is 0 Å². The van der Waals surface area contributed by atoms with E-state index in [0.29, 0.717) is 6.42 Å². The monoisotopic (exact) mass is 347 g/mol. The second kappa shape index (κ2) is 9.40. The van der Waals surface area contributed by atoms with E-state index in [9.17, 15) is 15.5 Å². The summed E-state index contributed by atoms with van der Waals surface area (Å²) in [5, 5.41) is 30.0. The van der Waals surface area contributed by atoms with Crippen LogP contribution in [-0.4, -0.2) is 28.5 Å². The number of aliphatic hydroxyl groups excluding tert-OH is 2. The molecule has 2 N–H and O–H groups in total. The van der Waals surface area contributed by atoms with Crippen LogP contribution in [0.25, 0.3) is 0 Å². The zero-order valence-corrected chi connectivity index (χ0v) is 15.8. The van der Waals surface area contributed by atoms with E-state index in [0.717, 1.165) is 49.9 Å². The molecule has 0 aromatic heterocycles. The molecule has 0 aromatic rings. The zero-order valence-electron chi connectivity index (χ0n) is 15.8. The van der Waals surface area contributed by atoms with Crippen molar-refractivity contribution in [3.05, 3.63) is 23.5 Å². The topological polar surface area (TPSA) is 73.5 Å². The number of nitriles is 1. The molecule has 1 unspecified atom stereocenters. The summed E-state index contributed by atoms with van der Waals surface area (Å²) in [4.78, 5) is 0. The summed E-state index contributed by atoms with van der Waals surface area (Å²) in [6, 6.07) is 2.28. The van der Waals surface area contributed by atoms with Crippen molar-refractivity contribution in [2.75, 3.05) is 0 Å². The van der Waals surface area contributed by atoms with Gasteiger partial charge in [0, 0.05) is 24.7 Å². The highest BCUT2D eigenvalue weighted by atomic mass is 16.5. The maximum Gasteiger partial charge on any atom is 0.110 e. The molecule has 4 heteroatoms. The van der Waals surface area contributed by atoms with E-state index in [1.807, 2.05) is 12.2 Å². The van der Waals surface area contributed by atoms with Crippen LogP contribution in [0.1, 0.15) is 65.7 Å². The highest BCUT2D eigenvalue weighted by Gasteiger charge is 2.47. The number of hydrogen-bond donors (Lipinski definition) is 2. The van der Waals surface area contributed by atoms with Crippen molar-refractivity contribution in [3.63, 3.8) is 0 Å². The minimum atomic E-state index is -0.468. The molecular weight excluding hydrogens is 314 g/mol. The first-order chi connectivity index (χ1) is 12.0. The lowest BCUT2D eigenvalue weighted by Gasteiger charge is -2.18. The van der Waals surface area contributed by atoms with E-state index in [1.165, 1.54) is 0 Å². The van der Waals surface area contributed by atoms with Crippen molar-refractivity contribution in [3.8, 4) is 6.07 Å². The SMILES string of the molecule is CCCCC(C)[C@H](O)/C=C/[C@@H]1[C@H]2C/C(=C(\C#N)CCC)O[C@H]2C[C@H]1O. The van der Waals surface area contributed by atoms with Gasteiger partial charge in [0.2, 0.25) is 0 Å². The Morgan fingerprint density at radius 3 is 2.80 bits per heavy atom. The molecule has 0 spiro atoms. The molecule has 2 fully saturated rings. The van der Waals surface area contributed by atoms with Crippen LogP contribution < -0.4 is 0 Å². The summed E-state index contributed by atoms with van der Waals surface area (Å²) in [5.41, 5.74) is 0.752. The second-order valence-corrected chi connectivity index (χ2v) is 7.66. The standard InChI is InChI=1S/C21H33NO3/c1-4-6-8-14(3)18(23)10-9-16-17-11-20(15(13-22)7-5-2)25-21(17)12-19(16)24/h9-10,14,16-19,21,23-24H,4-8,11-12H2,1-3H3/b10-9+,20-15+/t14?,16-,17-,18-,19-,21+/m1/s1. The minimum absolute atomic E-state index is 0.00269. The Bertz CT molecular complexity index is 534. The van der Waals surface area contributed by atoms with Crippen LogP contribution in [0.4, 0.5) is 0 Å². The molecule has 1 heterocycles. The lowest BCUT2D eigenvalue weighted by Crippen LogP contribution is -2.20. The Morgan fingerprint density at radius 2 is 2.16 bits per heavy atom. The summed E-state index contributed by atoms with van der Waals surface area (Å²) in [6.45, 7) is 6.29. The fraction of sp³-hybridized carbons (Fsp3) is 0.762. The summed E-state index contributed by atoms with van der Waals surface area (Å²) in [7, 11) is 0. The van der Waals surface area contributed by atoms with Gasteiger partial charge in [0.1, 0.15) is 11.9 Å². The zero-order chi connectivity index (χ0) is 18.4. The van der Waals surface area contributed by atoms with Gasteiger partial charge < -0.3 is 14.9 Å². The van der Waals surface area contributed by atoms with E-state index in [2.05, 4.69) is 26.8 Å². The Labute approximate surface area is 152 Å². The van der Waals surface area contributed by atoms with Gasteiger partial charge in [-0.25, -0.2) is 0 Å². The average molecular weight is 347 g/mol. The van der Waals surface area contributed by atoms with Gasteiger partial charge in [0.25, 0.3) is 0 Å². The first kappa shape index (κ1) is 20.0. The number of allylic oxidation sites excluding steroid dienone is 2. The molecule has 1 aliphatic heterocycles. The van der Waals surface area contributed by atoms with Gasteiger partial charge >= 0.3 is 0 Å². The smallest absolute Gasteiger partial charge is 0.110 e. The highest BCUT2D eigenvalue weighted by molar-refractivity contribution is 5.28. The number of rotatable bonds is 8. The van der Waals surface area contributed by atoms with Crippen LogP contribution >= 0.6 is 0 Å². The Hall–Kier alpha value is -1.31. The largest absolute Gasteiger partial charge is 0.493 e. The van der Waals surface area contributed by atoms with Gasteiger partial charge in [-0.15, -0.1) is 0 Å². The van der Waals surface area contributed by atoms with Crippen LogP contribution in [0.15, 0.2) is 23.5 Å². The quantitative estimate of drug-likeness (QED) is 0.512. The molecule has 4 nitrogen and oxygen atoms in total. The minimum Gasteiger partial charge on any atom is -0.493 e. The average Bonchev–Trinajstić information content (AvgIpc) is 3.12. The van der Waals surface area contributed by atoms with E-state index in [4.69, 9.17) is 4.74 Å². The summed E-state index contributed by atoms with van der Waals surface area (Å²) in [5.74, 6) is 1.26. The van der Waals surface area contributed by atoms with Gasteiger partial charge in [-0.1, -0.05) is 52.2 Å². The molecule has 1 saturated heterocycles. The van der Waals surface area contributed by atoms with E-state index < -0.39 is 12.2 Å². The van der Waals surface area contributed by atoms with Crippen LogP contribution in [0, 0.1) is 29.1 Å². The van der Waals surface area contributed by atoms with E-state index in [1.54, 1.807) is 0 Å². The van der Waals surface area contributed by atoms with Gasteiger partial charge in [0.05, 0.1) is 23.9 Å². The van der Waals surface area contributed by atoms with Crippen molar-refractivity contribution in [2.45, 2.75) is 84.0 Å². The molecule has 25 heavy (non-hydrogen) atoms. The Kier molecular flexibility index (Phi) is 7.53. The van der Waals surface area contributed by atoms with Crippen molar-refractivity contribution >= 4 is 0 Å². The van der Waals surface area contributed by atoms with E-state index in [-0.39, 0.29) is 23.9 Å². The lowest BCUT2D eigenvalue weighted by molar-refractivity contribution is 0.110. The molecule has 1 aliphatic carbocycles. The van der Waals surface area contributed by atoms with Crippen LogP contribution in [0.5, 0.6) is 0 Å². The van der Waals surface area contributed by atoms with Gasteiger partial charge in [0.15, 0.2) is 0 Å². The van der Waals surface area contributed by atoms with Crippen molar-refractivity contribution in [2.24, 2.45) is 17.8 Å². The number of aliphatic hydroxyl groups is 2. The summed E-state index contributed by atoms with van der Waals surface area (Å²) in [6.07, 6.45) is 9.23. The number of ether oxygens (including phenoxy) is 1. The molecule has 0 amide bonds. The lowest BCUT2D eigenvalue weighted by atomic mass is 9.89. The van der Waals surface area contributed by atoms with Crippen LogP contribution in [0.2, 0.25) is 0 Å². The van der Waals surface area contributed by atoms with E-state index >= 15 is 0 Å². The van der Waals surface area contributed by atoms with Crippen molar-refractivity contribution < 1.29 is 14.9 Å². The fourth-order valence-electron chi connectivity index (χ4n) is 4.05. The normalized spacial score (nSPS) is 33.0. The fourth-order valence-corrected chi connectivity index (χ4v) is 4.05. The molecule has 2 aliphatic rings. The summed E-state index contributed by atoms with van der Waals surface area (Å²) >= 11 is 0. The Morgan fingerprint density at radius 1 is 1.40 bits per heavy atom. The highest BCUT2D eigenvalue weighted by Crippen LogP contribution is 2.46. The molecule has 6 atom stereocenters. The van der Waals surface area contributed by atoms with Gasteiger partial charge in [-0.3, -0.25) is 0 Å². The molecule has 0 radical (unpaired) electrons. The Balaban J connectivity index is 2.02.